The Morgan fingerprint density at radius 1 is 1.35 bits per heavy atom. The topological polar surface area (TPSA) is 90.8 Å². The van der Waals surface area contributed by atoms with Crippen molar-refractivity contribution >= 4 is 15.8 Å². The summed E-state index contributed by atoms with van der Waals surface area (Å²) in [6, 6.07) is -0.0497. The van der Waals surface area contributed by atoms with Crippen molar-refractivity contribution in [3.8, 4) is 0 Å². The van der Waals surface area contributed by atoms with Gasteiger partial charge in [-0.1, -0.05) is 6.42 Å². The van der Waals surface area contributed by atoms with E-state index >= 15 is 0 Å². The monoisotopic (exact) mass is 303 g/mol. The van der Waals surface area contributed by atoms with Crippen LogP contribution >= 0.6 is 0 Å². The van der Waals surface area contributed by atoms with E-state index < -0.39 is 9.84 Å². The van der Waals surface area contributed by atoms with Gasteiger partial charge in [0.25, 0.3) is 0 Å². The number of nitrogens with zero attached hydrogens (tertiary/aromatic N) is 1. The molecule has 116 valence electrons. The maximum atomic E-state index is 11.5. The number of aliphatic imine (C=N–C) groups is 1. The molecular formula is C13H25N3O3S. The van der Waals surface area contributed by atoms with E-state index in [9.17, 15) is 13.5 Å². The Balaban J connectivity index is 1.89. The van der Waals surface area contributed by atoms with Gasteiger partial charge in [-0.05, 0) is 26.2 Å². The van der Waals surface area contributed by atoms with Crippen LogP contribution in [-0.4, -0.2) is 56.2 Å². The molecule has 7 heteroatoms. The second-order valence-electron chi connectivity index (χ2n) is 5.72. The number of sulfone groups is 1. The Kier molecular flexibility index (Phi) is 5.26. The highest BCUT2D eigenvalue weighted by Gasteiger charge is 2.29. The minimum atomic E-state index is -2.88. The highest BCUT2D eigenvalue weighted by molar-refractivity contribution is 7.91. The van der Waals surface area contributed by atoms with Crippen molar-refractivity contribution in [2.75, 3.05) is 24.6 Å². The Hall–Kier alpha value is -0.820. The summed E-state index contributed by atoms with van der Waals surface area (Å²) in [6.07, 6.45) is 3.34. The van der Waals surface area contributed by atoms with Crippen LogP contribution in [0.4, 0.5) is 0 Å². The molecule has 0 amide bonds. The molecule has 1 aliphatic carbocycles. The van der Waals surface area contributed by atoms with Crippen LogP contribution in [0.2, 0.25) is 0 Å². The fraction of sp³-hybridized carbons (Fsp3) is 0.923. The lowest BCUT2D eigenvalue weighted by Crippen LogP contribution is -2.44. The fourth-order valence-electron chi connectivity index (χ4n) is 2.86. The molecular weight excluding hydrogens is 278 g/mol. The Morgan fingerprint density at radius 3 is 2.70 bits per heavy atom. The minimum Gasteiger partial charge on any atom is -0.393 e. The first-order chi connectivity index (χ1) is 9.50. The van der Waals surface area contributed by atoms with Crippen molar-refractivity contribution in [1.82, 2.24) is 10.6 Å². The third kappa shape index (κ3) is 4.34. The smallest absolute Gasteiger partial charge is 0.191 e. The lowest BCUT2D eigenvalue weighted by Gasteiger charge is -2.17. The van der Waals surface area contributed by atoms with Gasteiger partial charge in [0.2, 0.25) is 0 Å². The van der Waals surface area contributed by atoms with E-state index in [1.165, 1.54) is 0 Å². The summed E-state index contributed by atoms with van der Waals surface area (Å²) in [5.74, 6) is 1.33. The van der Waals surface area contributed by atoms with Crippen LogP contribution in [-0.2, 0) is 9.84 Å². The van der Waals surface area contributed by atoms with Gasteiger partial charge in [-0.3, -0.25) is 4.99 Å². The lowest BCUT2D eigenvalue weighted by atomic mass is 10.1. The molecule has 3 unspecified atom stereocenters. The van der Waals surface area contributed by atoms with E-state index in [0.29, 0.717) is 18.9 Å². The SMILES string of the molecule is CCNC(=NCC1CCCC1O)NC1CCS(=O)(=O)C1. The molecule has 0 radical (unpaired) electrons. The summed E-state index contributed by atoms with van der Waals surface area (Å²) >= 11 is 0. The minimum absolute atomic E-state index is 0.0497. The summed E-state index contributed by atoms with van der Waals surface area (Å²) in [5.41, 5.74) is 0. The van der Waals surface area contributed by atoms with Crippen molar-refractivity contribution in [1.29, 1.82) is 0 Å². The predicted molar refractivity (Wildman–Crippen MR) is 79.5 cm³/mol. The second kappa shape index (κ2) is 6.76. The summed E-state index contributed by atoms with van der Waals surface area (Å²) in [7, 11) is -2.88. The Labute approximate surface area is 121 Å². The van der Waals surface area contributed by atoms with Gasteiger partial charge >= 0.3 is 0 Å². The third-order valence-electron chi connectivity index (χ3n) is 4.02. The Morgan fingerprint density at radius 2 is 2.15 bits per heavy atom. The molecule has 0 bridgehead atoms. The van der Waals surface area contributed by atoms with Crippen LogP contribution in [0.25, 0.3) is 0 Å². The van der Waals surface area contributed by atoms with Crippen molar-refractivity contribution in [3.63, 3.8) is 0 Å². The molecule has 0 aromatic carbocycles. The summed E-state index contributed by atoms with van der Waals surface area (Å²) in [6.45, 7) is 3.31. The third-order valence-corrected chi connectivity index (χ3v) is 5.79. The lowest BCUT2D eigenvalue weighted by molar-refractivity contribution is 0.136. The zero-order valence-electron chi connectivity index (χ0n) is 12.0. The number of hydrogen-bond donors (Lipinski definition) is 3. The molecule has 2 fully saturated rings. The predicted octanol–water partition coefficient (Wildman–Crippen LogP) is -0.110. The standard InChI is InChI=1S/C13H25N3O3S/c1-2-14-13(15-8-10-4-3-5-12(10)17)16-11-6-7-20(18,19)9-11/h10-12,17H,2-9H2,1H3,(H2,14,15,16). The molecule has 2 rings (SSSR count). The van der Waals surface area contributed by atoms with Crippen LogP contribution in [0.5, 0.6) is 0 Å². The van der Waals surface area contributed by atoms with Gasteiger partial charge in [0.1, 0.15) is 0 Å². The molecule has 3 atom stereocenters. The van der Waals surface area contributed by atoms with E-state index in [-0.39, 0.29) is 29.6 Å². The first kappa shape index (κ1) is 15.6. The van der Waals surface area contributed by atoms with Crippen LogP contribution in [0.3, 0.4) is 0 Å². The number of rotatable bonds is 4. The molecule has 3 N–H and O–H groups in total. The zero-order chi connectivity index (χ0) is 14.6. The number of nitrogens with one attached hydrogen (secondary N) is 2. The van der Waals surface area contributed by atoms with Crippen LogP contribution in [0, 0.1) is 5.92 Å². The normalized spacial score (nSPS) is 33.3. The van der Waals surface area contributed by atoms with Gasteiger partial charge in [-0.25, -0.2) is 8.42 Å². The van der Waals surface area contributed by atoms with E-state index in [0.717, 1.165) is 25.8 Å². The quantitative estimate of drug-likeness (QED) is 0.498. The molecule has 1 saturated carbocycles. The second-order valence-corrected chi connectivity index (χ2v) is 7.95. The summed E-state index contributed by atoms with van der Waals surface area (Å²) in [4.78, 5) is 4.50. The molecule has 1 saturated heterocycles. The fourth-order valence-corrected chi connectivity index (χ4v) is 4.53. The highest BCUT2D eigenvalue weighted by atomic mass is 32.2. The molecule has 0 aromatic heterocycles. The summed E-state index contributed by atoms with van der Waals surface area (Å²) in [5, 5.41) is 16.1. The van der Waals surface area contributed by atoms with Gasteiger partial charge in [0, 0.05) is 25.0 Å². The van der Waals surface area contributed by atoms with Crippen molar-refractivity contribution in [2.24, 2.45) is 10.9 Å². The molecule has 0 aromatic rings. The van der Waals surface area contributed by atoms with Gasteiger partial charge in [0.15, 0.2) is 15.8 Å². The van der Waals surface area contributed by atoms with Crippen molar-refractivity contribution in [2.45, 2.75) is 44.8 Å². The van der Waals surface area contributed by atoms with Gasteiger partial charge in [-0.2, -0.15) is 0 Å². The van der Waals surface area contributed by atoms with E-state index in [2.05, 4.69) is 15.6 Å². The maximum absolute atomic E-state index is 11.5. The number of guanidine groups is 1. The number of aliphatic hydroxyl groups is 1. The first-order valence-electron chi connectivity index (χ1n) is 7.43. The largest absolute Gasteiger partial charge is 0.393 e. The molecule has 0 spiro atoms. The Bertz CT molecular complexity index is 450. The van der Waals surface area contributed by atoms with E-state index in [4.69, 9.17) is 0 Å². The van der Waals surface area contributed by atoms with Gasteiger partial charge < -0.3 is 15.7 Å². The average Bonchev–Trinajstić information content (AvgIpc) is 2.93. The van der Waals surface area contributed by atoms with Crippen LogP contribution in [0.15, 0.2) is 4.99 Å². The molecule has 1 aliphatic heterocycles. The number of hydrogen-bond acceptors (Lipinski definition) is 4. The van der Waals surface area contributed by atoms with Gasteiger partial charge in [0.05, 0.1) is 17.6 Å². The van der Waals surface area contributed by atoms with Crippen LogP contribution in [0.1, 0.15) is 32.6 Å². The summed E-state index contributed by atoms with van der Waals surface area (Å²) < 4.78 is 22.9. The van der Waals surface area contributed by atoms with Crippen molar-refractivity contribution in [3.05, 3.63) is 0 Å². The number of aliphatic hydroxyl groups excluding tert-OH is 1. The molecule has 20 heavy (non-hydrogen) atoms. The van der Waals surface area contributed by atoms with Crippen LogP contribution < -0.4 is 10.6 Å². The molecule has 2 aliphatic rings. The molecule has 6 nitrogen and oxygen atoms in total. The van der Waals surface area contributed by atoms with E-state index in [1.807, 2.05) is 6.92 Å². The van der Waals surface area contributed by atoms with E-state index in [1.54, 1.807) is 0 Å². The first-order valence-corrected chi connectivity index (χ1v) is 9.25. The van der Waals surface area contributed by atoms with Gasteiger partial charge in [-0.15, -0.1) is 0 Å². The molecule has 1 heterocycles. The zero-order valence-corrected chi connectivity index (χ0v) is 12.8. The average molecular weight is 303 g/mol. The van der Waals surface area contributed by atoms with Crippen molar-refractivity contribution < 1.29 is 13.5 Å². The highest BCUT2D eigenvalue weighted by Crippen LogP contribution is 2.25. The maximum Gasteiger partial charge on any atom is 0.191 e.